The Balaban J connectivity index is 2.08. The fourth-order valence-electron chi connectivity index (χ4n) is 3.05. The Kier molecular flexibility index (Phi) is 2.21. The van der Waals surface area contributed by atoms with Crippen LogP contribution in [0.4, 0.5) is 0 Å². The van der Waals surface area contributed by atoms with E-state index in [1.54, 1.807) is 12.1 Å². The average molecular weight is 260 g/mol. The van der Waals surface area contributed by atoms with Crippen molar-refractivity contribution in [3.8, 4) is 0 Å². The van der Waals surface area contributed by atoms with Gasteiger partial charge in [0.15, 0.2) is 0 Å². The van der Waals surface area contributed by atoms with Crippen LogP contribution in [0.1, 0.15) is 21.5 Å². The number of rotatable bonds is 1. The van der Waals surface area contributed by atoms with Crippen LogP contribution in [0.25, 0.3) is 27.6 Å². The van der Waals surface area contributed by atoms with Gasteiger partial charge in [-0.1, -0.05) is 42.5 Å². The molecule has 20 heavy (non-hydrogen) atoms. The van der Waals surface area contributed by atoms with E-state index in [2.05, 4.69) is 30.4 Å². The topological polar surface area (TPSA) is 37.3 Å². The van der Waals surface area contributed by atoms with Crippen molar-refractivity contribution in [2.45, 2.75) is 6.42 Å². The summed E-state index contributed by atoms with van der Waals surface area (Å²) in [6.45, 7) is 0. The van der Waals surface area contributed by atoms with Crippen molar-refractivity contribution in [3.05, 3.63) is 65.2 Å². The summed E-state index contributed by atoms with van der Waals surface area (Å²) in [6, 6.07) is 13.7. The van der Waals surface area contributed by atoms with Gasteiger partial charge in [0.2, 0.25) is 0 Å². The number of carbonyl (C=O) groups is 1. The molecule has 0 atom stereocenters. The highest BCUT2D eigenvalue weighted by Gasteiger charge is 2.11. The summed E-state index contributed by atoms with van der Waals surface area (Å²) in [5.74, 6) is -0.884. The highest BCUT2D eigenvalue weighted by Crippen LogP contribution is 2.33. The fourth-order valence-corrected chi connectivity index (χ4v) is 3.05. The number of carboxylic acid groups (broad SMARTS) is 1. The Morgan fingerprint density at radius 1 is 0.950 bits per heavy atom. The second kappa shape index (κ2) is 3.94. The summed E-state index contributed by atoms with van der Waals surface area (Å²) >= 11 is 0. The van der Waals surface area contributed by atoms with Gasteiger partial charge in [0, 0.05) is 0 Å². The number of allylic oxidation sites excluding steroid dienone is 1. The molecular formula is C18H12O2. The number of hydrogen-bond acceptors (Lipinski definition) is 1. The molecule has 0 spiro atoms. The van der Waals surface area contributed by atoms with Gasteiger partial charge in [0.25, 0.3) is 0 Å². The Bertz CT molecular complexity index is 904. The van der Waals surface area contributed by atoms with Crippen LogP contribution >= 0.6 is 0 Å². The Morgan fingerprint density at radius 3 is 2.60 bits per heavy atom. The molecule has 1 aliphatic rings. The van der Waals surface area contributed by atoms with Crippen LogP contribution in [0.5, 0.6) is 0 Å². The third-order valence-electron chi connectivity index (χ3n) is 4.03. The number of aromatic carboxylic acids is 1. The summed E-state index contributed by atoms with van der Waals surface area (Å²) in [4.78, 5) is 11.1. The van der Waals surface area contributed by atoms with Crippen LogP contribution in [-0.4, -0.2) is 11.1 Å². The lowest BCUT2D eigenvalue weighted by molar-refractivity contribution is 0.0697. The van der Waals surface area contributed by atoms with Crippen LogP contribution in [0, 0.1) is 0 Å². The van der Waals surface area contributed by atoms with Crippen molar-refractivity contribution in [1.82, 2.24) is 0 Å². The number of benzene rings is 3. The van der Waals surface area contributed by atoms with Crippen LogP contribution in [-0.2, 0) is 6.42 Å². The van der Waals surface area contributed by atoms with E-state index < -0.39 is 5.97 Å². The summed E-state index contributed by atoms with van der Waals surface area (Å²) < 4.78 is 0. The summed E-state index contributed by atoms with van der Waals surface area (Å²) in [5, 5.41) is 13.6. The number of hydrogen-bond donors (Lipinski definition) is 1. The van der Waals surface area contributed by atoms with Crippen LogP contribution in [0.2, 0.25) is 0 Å². The second-order valence-electron chi connectivity index (χ2n) is 5.14. The molecule has 2 heteroatoms. The van der Waals surface area contributed by atoms with Crippen molar-refractivity contribution in [3.63, 3.8) is 0 Å². The largest absolute Gasteiger partial charge is 0.478 e. The van der Waals surface area contributed by atoms with E-state index in [1.807, 2.05) is 12.1 Å². The summed E-state index contributed by atoms with van der Waals surface area (Å²) in [7, 11) is 0. The molecule has 0 heterocycles. The zero-order chi connectivity index (χ0) is 13.7. The van der Waals surface area contributed by atoms with Crippen molar-refractivity contribution >= 4 is 33.6 Å². The maximum atomic E-state index is 11.1. The van der Waals surface area contributed by atoms with Crippen LogP contribution in [0.3, 0.4) is 0 Å². The Hall–Kier alpha value is -2.61. The van der Waals surface area contributed by atoms with Crippen molar-refractivity contribution in [2.24, 2.45) is 0 Å². The van der Waals surface area contributed by atoms with E-state index >= 15 is 0 Å². The van der Waals surface area contributed by atoms with Crippen molar-refractivity contribution in [2.75, 3.05) is 0 Å². The van der Waals surface area contributed by atoms with Gasteiger partial charge in [-0.3, -0.25) is 0 Å². The minimum Gasteiger partial charge on any atom is -0.478 e. The van der Waals surface area contributed by atoms with Crippen LogP contribution < -0.4 is 0 Å². The zero-order valence-electron chi connectivity index (χ0n) is 10.8. The third kappa shape index (κ3) is 1.48. The normalized spacial score (nSPS) is 13.0. The summed E-state index contributed by atoms with van der Waals surface area (Å²) in [6.07, 6.45) is 5.32. The molecule has 4 rings (SSSR count). The molecule has 1 aliphatic carbocycles. The lowest BCUT2D eigenvalue weighted by Crippen LogP contribution is -1.95. The first-order valence-electron chi connectivity index (χ1n) is 6.62. The number of carboxylic acids is 1. The monoisotopic (exact) mass is 260 g/mol. The van der Waals surface area contributed by atoms with Crippen molar-refractivity contribution in [1.29, 1.82) is 0 Å². The van der Waals surface area contributed by atoms with E-state index in [0.29, 0.717) is 5.56 Å². The highest BCUT2D eigenvalue weighted by atomic mass is 16.4. The molecule has 0 bridgehead atoms. The van der Waals surface area contributed by atoms with Gasteiger partial charge in [0.1, 0.15) is 0 Å². The fraction of sp³-hybridized carbons (Fsp3) is 0.0556. The van der Waals surface area contributed by atoms with Gasteiger partial charge in [-0.2, -0.15) is 0 Å². The predicted octanol–water partition coefficient (Wildman–Crippen LogP) is 4.26. The molecule has 2 nitrogen and oxygen atoms in total. The third-order valence-corrected chi connectivity index (χ3v) is 4.03. The molecule has 0 unspecified atom stereocenters. The molecular weight excluding hydrogens is 248 g/mol. The van der Waals surface area contributed by atoms with Gasteiger partial charge in [-0.15, -0.1) is 0 Å². The predicted molar refractivity (Wildman–Crippen MR) is 81.2 cm³/mol. The van der Waals surface area contributed by atoms with E-state index in [-0.39, 0.29) is 0 Å². The van der Waals surface area contributed by atoms with Gasteiger partial charge >= 0.3 is 5.97 Å². The SMILES string of the molecule is O=C(O)c1ccc2c(ccc3c4c(ccc32)C=CC4)c1. The summed E-state index contributed by atoms with van der Waals surface area (Å²) in [5.41, 5.74) is 2.99. The quantitative estimate of drug-likeness (QED) is 0.664. The first-order valence-corrected chi connectivity index (χ1v) is 6.62. The molecule has 96 valence electrons. The molecule has 0 amide bonds. The minimum absolute atomic E-state index is 0.333. The van der Waals surface area contributed by atoms with E-state index in [4.69, 9.17) is 5.11 Å². The molecule has 0 saturated carbocycles. The van der Waals surface area contributed by atoms with Gasteiger partial charge in [-0.05, 0) is 51.2 Å². The minimum atomic E-state index is -0.884. The Labute approximate surface area is 116 Å². The van der Waals surface area contributed by atoms with E-state index in [1.165, 1.54) is 21.9 Å². The maximum absolute atomic E-state index is 11.1. The smallest absolute Gasteiger partial charge is 0.335 e. The Morgan fingerprint density at radius 2 is 1.75 bits per heavy atom. The van der Waals surface area contributed by atoms with Gasteiger partial charge in [0.05, 0.1) is 5.56 Å². The first-order chi connectivity index (χ1) is 9.74. The van der Waals surface area contributed by atoms with Gasteiger partial charge in [-0.25, -0.2) is 4.79 Å². The van der Waals surface area contributed by atoms with Gasteiger partial charge < -0.3 is 5.11 Å². The molecule has 0 aliphatic heterocycles. The standard InChI is InChI=1S/C18H12O2/c19-18(20)13-6-7-15-12(10-13)5-9-16-14-3-1-2-11(14)4-8-17(15)16/h1-2,4-10H,3H2,(H,19,20). The zero-order valence-corrected chi connectivity index (χ0v) is 10.8. The molecule has 1 N–H and O–H groups in total. The molecule has 0 aromatic heterocycles. The van der Waals surface area contributed by atoms with Crippen LogP contribution in [0.15, 0.2) is 48.5 Å². The second-order valence-corrected chi connectivity index (χ2v) is 5.14. The molecule has 0 saturated heterocycles. The first kappa shape index (κ1) is 11.2. The highest BCUT2D eigenvalue weighted by molar-refractivity contribution is 6.10. The van der Waals surface area contributed by atoms with E-state index in [9.17, 15) is 4.79 Å². The molecule has 3 aromatic carbocycles. The van der Waals surface area contributed by atoms with Crippen molar-refractivity contribution < 1.29 is 9.90 Å². The molecule has 0 radical (unpaired) electrons. The molecule has 0 fully saturated rings. The number of fused-ring (bicyclic) bond motifs is 5. The average Bonchev–Trinajstić information content (AvgIpc) is 2.94. The van der Waals surface area contributed by atoms with E-state index in [0.717, 1.165) is 17.2 Å². The lowest BCUT2D eigenvalue weighted by Gasteiger charge is -2.09. The molecule has 3 aromatic rings. The lowest BCUT2D eigenvalue weighted by atomic mass is 9.95. The maximum Gasteiger partial charge on any atom is 0.335 e.